The lowest BCUT2D eigenvalue weighted by Crippen LogP contribution is -2.30. The summed E-state index contributed by atoms with van der Waals surface area (Å²) in [4.78, 5) is 37.9. The summed E-state index contributed by atoms with van der Waals surface area (Å²) in [6, 6.07) is 0. The third-order valence-electron chi connectivity index (χ3n) is 12.4. The van der Waals surface area contributed by atoms with Crippen LogP contribution in [-0.2, 0) is 28.6 Å². The van der Waals surface area contributed by atoms with Gasteiger partial charge in [0.05, 0.1) is 0 Å². The Balaban J connectivity index is 4.26. The molecule has 0 fully saturated rings. The monoisotopic (exact) mass is 835 g/mol. The second-order valence-electron chi connectivity index (χ2n) is 18.4. The Morgan fingerprint density at radius 2 is 0.593 bits per heavy atom. The summed E-state index contributed by atoms with van der Waals surface area (Å²) in [5.74, 6) is -0.0366. The van der Waals surface area contributed by atoms with Crippen molar-refractivity contribution in [3.63, 3.8) is 0 Å². The highest BCUT2D eigenvalue weighted by atomic mass is 16.6. The quantitative estimate of drug-likeness (QED) is 0.0345. The zero-order valence-corrected chi connectivity index (χ0v) is 40.2. The molecule has 0 N–H and O–H groups in total. The molecule has 0 aliphatic carbocycles. The van der Waals surface area contributed by atoms with Crippen LogP contribution < -0.4 is 0 Å². The lowest BCUT2D eigenvalue weighted by atomic mass is 10.00. The highest BCUT2D eigenvalue weighted by Crippen LogP contribution is 2.18. The zero-order chi connectivity index (χ0) is 43.1. The molecule has 350 valence electrons. The molecule has 0 heterocycles. The summed E-state index contributed by atoms with van der Waals surface area (Å²) in [6.07, 6.45) is 49.5. The van der Waals surface area contributed by atoms with E-state index in [1.165, 1.54) is 193 Å². The Morgan fingerprint density at radius 1 is 0.339 bits per heavy atom. The fourth-order valence-electron chi connectivity index (χ4n) is 8.01. The van der Waals surface area contributed by atoms with Crippen LogP contribution in [0.4, 0.5) is 0 Å². The van der Waals surface area contributed by atoms with E-state index >= 15 is 0 Å². The second kappa shape index (κ2) is 47.5. The number of carbonyl (C=O) groups is 3. The normalized spacial score (nSPS) is 12.4. The van der Waals surface area contributed by atoms with E-state index in [0.29, 0.717) is 19.3 Å². The maximum atomic E-state index is 12.7. The van der Waals surface area contributed by atoms with Gasteiger partial charge < -0.3 is 14.2 Å². The number of hydrogen-bond acceptors (Lipinski definition) is 6. The minimum atomic E-state index is -0.761. The van der Waals surface area contributed by atoms with Gasteiger partial charge in [0.2, 0.25) is 0 Å². The van der Waals surface area contributed by atoms with Gasteiger partial charge in [-0.15, -0.1) is 0 Å². The summed E-state index contributed by atoms with van der Waals surface area (Å²) in [6.45, 7) is 9.00. The molecular weight excluding hydrogens is 733 g/mol. The topological polar surface area (TPSA) is 78.9 Å². The Kier molecular flexibility index (Phi) is 46.2. The number of esters is 3. The van der Waals surface area contributed by atoms with Crippen molar-refractivity contribution in [2.45, 2.75) is 303 Å². The van der Waals surface area contributed by atoms with E-state index in [1.54, 1.807) is 0 Å². The van der Waals surface area contributed by atoms with E-state index < -0.39 is 6.10 Å². The first-order chi connectivity index (χ1) is 28.9. The molecule has 0 aliphatic heterocycles. The molecule has 0 aliphatic rings. The SMILES string of the molecule is CCCCCCCCCCCCCCCCCCC(=O)OC[C@H](COC(=O)CCCCCCCCCCCCCCCCC)OC(=O)CCCCCCCCC(C)CC. The van der Waals surface area contributed by atoms with Gasteiger partial charge in [-0.3, -0.25) is 14.4 Å². The van der Waals surface area contributed by atoms with Gasteiger partial charge in [0.1, 0.15) is 13.2 Å². The first-order valence-electron chi connectivity index (χ1n) is 26.4. The van der Waals surface area contributed by atoms with E-state index in [4.69, 9.17) is 14.2 Å². The molecule has 0 rings (SSSR count). The predicted octanol–water partition coefficient (Wildman–Crippen LogP) is 17.1. The minimum absolute atomic E-state index is 0.0636. The van der Waals surface area contributed by atoms with Gasteiger partial charge in [0, 0.05) is 19.3 Å². The summed E-state index contributed by atoms with van der Waals surface area (Å²) in [5, 5.41) is 0. The third kappa shape index (κ3) is 45.8. The molecule has 0 aromatic rings. The number of ether oxygens (including phenoxy) is 3. The minimum Gasteiger partial charge on any atom is -0.462 e. The van der Waals surface area contributed by atoms with Crippen LogP contribution in [0.2, 0.25) is 0 Å². The average molecular weight is 835 g/mol. The van der Waals surface area contributed by atoms with Crippen molar-refractivity contribution in [1.29, 1.82) is 0 Å². The molecular formula is C53H102O6. The molecule has 1 unspecified atom stereocenters. The van der Waals surface area contributed by atoms with Gasteiger partial charge >= 0.3 is 17.9 Å². The molecule has 0 bridgehead atoms. The van der Waals surface area contributed by atoms with E-state index in [1.807, 2.05) is 0 Å². The lowest BCUT2D eigenvalue weighted by molar-refractivity contribution is -0.167. The molecule has 2 atom stereocenters. The van der Waals surface area contributed by atoms with Crippen LogP contribution in [0.1, 0.15) is 297 Å². The van der Waals surface area contributed by atoms with Crippen molar-refractivity contribution in [3.05, 3.63) is 0 Å². The highest BCUT2D eigenvalue weighted by Gasteiger charge is 2.19. The van der Waals surface area contributed by atoms with Crippen LogP contribution in [0, 0.1) is 5.92 Å². The van der Waals surface area contributed by atoms with Crippen LogP contribution in [0.25, 0.3) is 0 Å². The first-order valence-corrected chi connectivity index (χ1v) is 26.4. The maximum Gasteiger partial charge on any atom is 0.306 e. The molecule has 6 nitrogen and oxygen atoms in total. The van der Waals surface area contributed by atoms with Gasteiger partial charge in [0.15, 0.2) is 6.10 Å². The van der Waals surface area contributed by atoms with Gasteiger partial charge in [-0.2, -0.15) is 0 Å². The number of carbonyl (C=O) groups excluding carboxylic acids is 3. The summed E-state index contributed by atoms with van der Waals surface area (Å²) < 4.78 is 16.8. The van der Waals surface area contributed by atoms with Gasteiger partial charge in [0.25, 0.3) is 0 Å². The molecule has 0 spiro atoms. The molecule has 0 amide bonds. The molecule has 0 aromatic carbocycles. The molecule has 0 aromatic heterocycles. The largest absolute Gasteiger partial charge is 0.462 e. The van der Waals surface area contributed by atoms with E-state index in [9.17, 15) is 14.4 Å². The van der Waals surface area contributed by atoms with E-state index in [-0.39, 0.29) is 31.1 Å². The standard InChI is InChI=1S/C53H102O6/c1-5-8-10-12-14-16-18-20-22-24-26-28-30-32-37-41-45-52(55)58-48-50(59-53(56)46-42-38-34-33-35-39-43-49(4)7-3)47-57-51(54)44-40-36-31-29-27-25-23-21-19-17-15-13-11-9-6-2/h49-50H,5-48H2,1-4H3/t49?,50-/m0/s1. The second-order valence-corrected chi connectivity index (χ2v) is 18.4. The van der Waals surface area contributed by atoms with Crippen molar-refractivity contribution in [1.82, 2.24) is 0 Å². The fourth-order valence-corrected chi connectivity index (χ4v) is 8.01. The van der Waals surface area contributed by atoms with Crippen LogP contribution in [-0.4, -0.2) is 37.2 Å². The Morgan fingerprint density at radius 3 is 0.881 bits per heavy atom. The molecule has 0 radical (unpaired) electrons. The van der Waals surface area contributed by atoms with Crippen LogP contribution in [0.5, 0.6) is 0 Å². The molecule has 59 heavy (non-hydrogen) atoms. The molecule has 6 heteroatoms. The Hall–Kier alpha value is -1.59. The van der Waals surface area contributed by atoms with Gasteiger partial charge in [-0.05, 0) is 25.2 Å². The van der Waals surface area contributed by atoms with Crippen molar-refractivity contribution < 1.29 is 28.6 Å². The number of hydrogen-bond donors (Lipinski definition) is 0. The Labute approximate surface area is 368 Å². The first kappa shape index (κ1) is 57.4. The lowest BCUT2D eigenvalue weighted by Gasteiger charge is -2.18. The summed E-state index contributed by atoms with van der Waals surface area (Å²) in [5.41, 5.74) is 0. The van der Waals surface area contributed by atoms with Crippen molar-refractivity contribution in [2.24, 2.45) is 5.92 Å². The zero-order valence-electron chi connectivity index (χ0n) is 40.2. The maximum absolute atomic E-state index is 12.7. The van der Waals surface area contributed by atoms with Crippen molar-refractivity contribution >= 4 is 17.9 Å². The highest BCUT2D eigenvalue weighted by molar-refractivity contribution is 5.71. The number of unbranched alkanes of at least 4 members (excludes halogenated alkanes) is 34. The van der Waals surface area contributed by atoms with Crippen LogP contribution >= 0.6 is 0 Å². The number of rotatable bonds is 48. The Bertz CT molecular complexity index is 889. The summed E-state index contributed by atoms with van der Waals surface area (Å²) >= 11 is 0. The van der Waals surface area contributed by atoms with Crippen molar-refractivity contribution in [3.8, 4) is 0 Å². The molecule has 0 saturated heterocycles. The van der Waals surface area contributed by atoms with E-state index in [0.717, 1.165) is 63.7 Å². The smallest absolute Gasteiger partial charge is 0.306 e. The van der Waals surface area contributed by atoms with Crippen LogP contribution in [0.3, 0.4) is 0 Å². The van der Waals surface area contributed by atoms with Crippen LogP contribution in [0.15, 0.2) is 0 Å². The summed E-state index contributed by atoms with van der Waals surface area (Å²) in [7, 11) is 0. The van der Waals surface area contributed by atoms with Crippen molar-refractivity contribution in [2.75, 3.05) is 13.2 Å². The fraction of sp³-hybridized carbons (Fsp3) is 0.943. The average Bonchev–Trinajstić information content (AvgIpc) is 3.23. The molecule has 0 saturated carbocycles. The van der Waals surface area contributed by atoms with Gasteiger partial charge in [-0.1, -0.05) is 259 Å². The third-order valence-corrected chi connectivity index (χ3v) is 12.4. The van der Waals surface area contributed by atoms with E-state index in [2.05, 4.69) is 27.7 Å². The van der Waals surface area contributed by atoms with Gasteiger partial charge in [-0.25, -0.2) is 0 Å². The predicted molar refractivity (Wildman–Crippen MR) is 252 cm³/mol.